The first kappa shape index (κ1) is 10.3. The molecule has 86 valence electrons. The van der Waals surface area contributed by atoms with Gasteiger partial charge in [-0.05, 0) is 23.3 Å². The van der Waals surface area contributed by atoms with Crippen LogP contribution in [0.25, 0.3) is 0 Å². The average Bonchev–Trinajstić information content (AvgIpc) is 2.76. The van der Waals surface area contributed by atoms with Crippen molar-refractivity contribution in [2.24, 2.45) is 17.8 Å². The van der Waals surface area contributed by atoms with Crippen LogP contribution in [0, 0.1) is 17.8 Å². The Morgan fingerprint density at radius 1 is 1.19 bits per heavy atom. The van der Waals surface area contributed by atoms with Gasteiger partial charge in [0.2, 0.25) is 0 Å². The molecule has 3 atom stereocenters. The van der Waals surface area contributed by atoms with Gasteiger partial charge in [0.25, 0.3) is 0 Å². The normalized spacial score (nSPS) is 32.7. The van der Waals surface area contributed by atoms with Gasteiger partial charge in [-0.25, -0.2) is 0 Å². The summed E-state index contributed by atoms with van der Waals surface area (Å²) in [4.78, 5) is 2.58. The zero-order valence-electron chi connectivity index (χ0n) is 9.80. The summed E-state index contributed by atoms with van der Waals surface area (Å²) in [6.07, 6.45) is 0. The van der Waals surface area contributed by atoms with Gasteiger partial charge in [-0.3, -0.25) is 4.90 Å². The van der Waals surface area contributed by atoms with E-state index in [1.807, 2.05) is 7.11 Å². The second kappa shape index (κ2) is 4.19. The van der Waals surface area contributed by atoms with Crippen molar-refractivity contribution in [1.82, 2.24) is 4.90 Å². The van der Waals surface area contributed by atoms with Crippen molar-refractivity contribution < 1.29 is 4.74 Å². The van der Waals surface area contributed by atoms with Crippen LogP contribution < -0.4 is 0 Å². The number of piperidine rings is 1. The van der Waals surface area contributed by atoms with Crippen LogP contribution in [0.15, 0.2) is 30.3 Å². The minimum Gasteiger partial charge on any atom is -0.384 e. The number of ether oxygens (including phenoxy) is 1. The standard InChI is InChI=1S/C14H19NO/c1-16-10-14-12-8-15(9-13(12)14)7-11-5-3-2-4-6-11/h2-6,12-14H,7-10H2,1H3/t12-,13+,14?. The van der Waals surface area contributed by atoms with Gasteiger partial charge in [-0.2, -0.15) is 0 Å². The number of likely N-dealkylation sites (tertiary alicyclic amines) is 1. The predicted octanol–water partition coefficient (Wildman–Crippen LogP) is 2.01. The van der Waals surface area contributed by atoms with E-state index in [9.17, 15) is 0 Å². The number of rotatable bonds is 4. The molecule has 1 aromatic rings. The van der Waals surface area contributed by atoms with Crippen molar-refractivity contribution in [3.63, 3.8) is 0 Å². The van der Waals surface area contributed by atoms with Crippen LogP contribution in [0.3, 0.4) is 0 Å². The van der Waals surface area contributed by atoms with Crippen LogP contribution in [0.2, 0.25) is 0 Å². The molecule has 1 unspecified atom stereocenters. The number of hydrogen-bond donors (Lipinski definition) is 0. The fraction of sp³-hybridized carbons (Fsp3) is 0.571. The summed E-state index contributed by atoms with van der Waals surface area (Å²) in [6.45, 7) is 4.63. The molecule has 3 rings (SSSR count). The first-order valence-corrected chi connectivity index (χ1v) is 6.13. The second-order valence-corrected chi connectivity index (χ2v) is 5.13. The van der Waals surface area contributed by atoms with E-state index in [4.69, 9.17) is 4.74 Å². The molecule has 2 nitrogen and oxygen atoms in total. The Labute approximate surface area is 97.2 Å². The molecule has 1 saturated carbocycles. The molecule has 0 radical (unpaired) electrons. The van der Waals surface area contributed by atoms with Crippen molar-refractivity contribution in [1.29, 1.82) is 0 Å². The molecule has 0 aromatic heterocycles. The molecule has 1 aliphatic carbocycles. The third-order valence-corrected chi connectivity index (χ3v) is 4.06. The van der Waals surface area contributed by atoms with E-state index < -0.39 is 0 Å². The summed E-state index contributed by atoms with van der Waals surface area (Å²) in [5.41, 5.74) is 1.44. The molecule has 1 aromatic carbocycles. The lowest BCUT2D eigenvalue weighted by Crippen LogP contribution is -2.24. The van der Waals surface area contributed by atoms with Gasteiger partial charge in [0.05, 0.1) is 0 Å². The largest absolute Gasteiger partial charge is 0.384 e. The Morgan fingerprint density at radius 2 is 1.88 bits per heavy atom. The van der Waals surface area contributed by atoms with E-state index in [2.05, 4.69) is 35.2 Å². The molecule has 16 heavy (non-hydrogen) atoms. The quantitative estimate of drug-likeness (QED) is 0.765. The fourth-order valence-electron chi connectivity index (χ4n) is 3.15. The van der Waals surface area contributed by atoms with E-state index in [0.29, 0.717) is 0 Å². The van der Waals surface area contributed by atoms with Crippen LogP contribution in [0.4, 0.5) is 0 Å². The van der Waals surface area contributed by atoms with E-state index in [1.165, 1.54) is 18.7 Å². The molecule has 2 fully saturated rings. The van der Waals surface area contributed by atoms with E-state index in [0.717, 1.165) is 30.9 Å². The van der Waals surface area contributed by atoms with Gasteiger partial charge in [0, 0.05) is 33.4 Å². The molecule has 1 heterocycles. The number of benzene rings is 1. The monoisotopic (exact) mass is 217 g/mol. The highest BCUT2D eigenvalue weighted by Crippen LogP contribution is 2.51. The topological polar surface area (TPSA) is 12.5 Å². The average molecular weight is 217 g/mol. The number of fused-ring (bicyclic) bond motifs is 1. The van der Waals surface area contributed by atoms with Crippen LogP contribution in [0.5, 0.6) is 0 Å². The first-order valence-electron chi connectivity index (χ1n) is 6.13. The predicted molar refractivity (Wildman–Crippen MR) is 64.1 cm³/mol. The van der Waals surface area contributed by atoms with Crippen molar-refractivity contribution in [2.45, 2.75) is 6.54 Å². The summed E-state index contributed by atoms with van der Waals surface area (Å²) in [7, 11) is 1.82. The smallest absolute Gasteiger partial charge is 0.0496 e. The lowest BCUT2D eigenvalue weighted by molar-refractivity contribution is 0.160. The van der Waals surface area contributed by atoms with Crippen molar-refractivity contribution in [3.8, 4) is 0 Å². The van der Waals surface area contributed by atoms with Crippen molar-refractivity contribution in [2.75, 3.05) is 26.8 Å². The lowest BCUT2D eigenvalue weighted by Gasteiger charge is -2.19. The molecule has 2 heteroatoms. The Balaban J connectivity index is 1.51. The molecule has 0 spiro atoms. The number of hydrogen-bond acceptors (Lipinski definition) is 2. The maximum Gasteiger partial charge on any atom is 0.0496 e. The summed E-state index contributed by atoms with van der Waals surface area (Å²) < 4.78 is 5.24. The molecule has 0 bridgehead atoms. The van der Waals surface area contributed by atoms with E-state index in [1.54, 1.807) is 0 Å². The lowest BCUT2D eigenvalue weighted by atomic mass is 10.2. The summed E-state index contributed by atoms with van der Waals surface area (Å²) in [5, 5.41) is 0. The van der Waals surface area contributed by atoms with E-state index in [-0.39, 0.29) is 0 Å². The summed E-state index contributed by atoms with van der Waals surface area (Å²) in [5.74, 6) is 2.70. The first-order chi connectivity index (χ1) is 7.88. The van der Waals surface area contributed by atoms with E-state index >= 15 is 0 Å². The Kier molecular flexibility index (Phi) is 2.70. The molecule has 0 N–H and O–H groups in total. The molecular formula is C14H19NO. The van der Waals surface area contributed by atoms with Gasteiger partial charge in [0.1, 0.15) is 0 Å². The zero-order chi connectivity index (χ0) is 11.0. The molecule has 0 amide bonds. The van der Waals surface area contributed by atoms with Crippen molar-refractivity contribution >= 4 is 0 Å². The third kappa shape index (κ3) is 1.87. The molecule has 1 aliphatic heterocycles. The fourth-order valence-corrected chi connectivity index (χ4v) is 3.15. The minimum atomic E-state index is 0.858. The van der Waals surface area contributed by atoms with Gasteiger partial charge in [-0.15, -0.1) is 0 Å². The highest BCUT2D eigenvalue weighted by Gasteiger charge is 2.54. The van der Waals surface area contributed by atoms with Crippen molar-refractivity contribution in [3.05, 3.63) is 35.9 Å². The maximum atomic E-state index is 5.24. The van der Waals surface area contributed by atoms with Gasteiger partial charge in [-0.1, -0.05) is 30.3 Å². The zero-order valence-corrected chi connectivity index (χ0v) is 9.80. The number of methoxy groups -OCH3 is 1. The molecule has 1 saturated heterocycles. The number of nitrogens with zero attached hydrogens (tertiary/aromatic N) is 1. The Hall–Kier alpha value is -0.860. The van der Waals surface area contributed by atoms with Gasteiger partial charge >= 0.3 is 0 Å². The Bertz CT molecular complexity index is 339. The summed E-state index contributed by atoms with van der Waals surface area (Å²) in [6, 6.07) is 10.8. The highest BCUT2D eigenvalue weighted by molar-refractivity contribution is 5.15. The SMILES string of the molecule is COCC1[C@H]2CN(Cc3ccccc3)C[C@@H]12. The van der Waals surface area contributed by atoms with Crippen LogP contribution in [-0.2, 0) is 11.3 Å². The summed E-state index contributed by atoms with van der Waals surface area (Å²) >= 11 is 0. The van der Waals surface area contributed by atoms with Gasteiger partial charge in [0.15, 0.2) is 0 Å². The molecular weight excluding hydrogens is 198 g/mol. The molecule has 2 aliphatic rings. The minimum absolute atomic E-state index is 0.858. The Morgan fingerprint density at radius 3 is 2.50 bits per heavy atom. The van der Waals surface area contributed by atoms with Crippen LogP contribution in [0.1, 0.15) is 5.56 Å². The van der Waals surface area contributed by atoms with Crippen LogP contribution >= 0.6 is 0 Å². The highest BCUT2D eigenvalue weighted by atomic mass is 16.5. The second-order valence-electron chi connectivity index (χ2n) is 5.13. The third-order valence-electron chi connectivity index (χ3n) is 4.06. The maximum absolute atomic E-state index is 5.24. The van der Waals surface area contributed by atoms with Crippen LogP contribution in [-0.4, -0.2) is 31.7 Å². The van der Waals surface area contributed by atoms with Gasteiger partial charge < -0.3 is 4.74 Å².